The molecule has 0 spiro atoms. The van der Waals surface area contributed by atoms with Crippen molar-refractivity contribution in [3.8, 4) is 0 Å². The Balaban J connectivity index is 1.73. The van der Waals surface area contributed by atoms with E-state index >= 15 is 0 Å². The quantitative estimate of drug-likeness (QED) is 0.818. The lowest BCUT2D eigenvalue weighted by molar-refractivity contribution is -0.149. The zero-order valence-corrected chi connectivity index (χ0v) is 11.1. The molecular weight excluding hydrogens is 258 g/mol. The molecule has 1 fully saturated rings. The van der Waals surface area contributed by atoms with Crippen LogP contribution in [0.4, 0.5) is 0 Å². The van der Waals surface area contributed by atoms with Crippen LogP contribution in [0.25, 0.3) is 5.65 Å². The predicted molar refractivity (Wildman–Crippen MR) is 71.1 cm³/mol. The molecule has 0 unspecified atom stereocenters. The summed E-state index contributed by atoms with van der Waals surface area (Å²) in [5, 5.41) is 11.7. The molecule has 1 aliphatic carbocycles. The van der Waals surface area contributed by atoms with Gasteiger partial charge >= 0.3 is 5.97 Å². The van der Waals surface area contributed by atoms with E-state index in [-0.39, 0.29) is 6.54 Å². The molecule has 1 saturated carbocycles. The van der Waals surface area contributed by atoms with E-state index in [0.717, 1.165) is 11.2 Å². The molecule has 3 rings (SSSR count). The molecule has 2 heterocycles. The second-order valence-electron chi connectivity index (χ2n) is 5.22. The van der Waals surface area contributed by atoms with Crippen molar-refractivity contribution in [2.45, 2.75) is 26.3 Å². The van der Waals surface area contributed by atoms with Crippen molar-refractivity contribution in [2.24, 2.45) is 5.41 Å². The number of amides is 1. The van der Waals surface area contributed by atoms with E-state index in [1.54, 1.807) is 0 Å². The molecule has 104 valence electrons. The fourth-order valence-corrected chi connectivity index (χ4v) is 2.29. The molecule has 0 atom stereocenters. The standard InChI is InChI=1S/C14H15N3O3/c1-9-3-2-6-17-8-10(16-11(9)17)7-15-12(18)14(4-5-14)13(19)20/h2-3,6,8H,4-5,7H2,1H3,(H,15,18)(H,19,20). The Bertz CT molecular complexity index is 701. The highest BCUT2D eigenvalue weighted by molar-refractivity contribution is 6.04. The molecule has 1 aliphatic rings. The molecule has 20 heavy (non-hydrogen) atoms. The summed E-state index contributed by atoms with van der Waals surface area (Å²) in [7, 11) is 0. The Morgan fingerprint density at radius 3 is 2.85 bits per heavy atom. The van der Waals surface area contributed by atoms with Gasteiger partial charge < -0.3 is 14.8 Å². The van der Waals surface area contributed by atoms with Gasteiger partial charge in [-0.2, -0.15) is 0 Å². The highest BCUT2D eigenvalue weighted by atomic mass is 16.4. The lowest BCUT2D eigenvalue weighted by atomic mass is 10.1. The third-order valence-corrected chi connectivity index (χ3v) is 3.75. The number of rotatable bonds is 4. The Hall–Kier alpha value is -2.37. The number of aryl methyl sites for hydroxylation is 1. The highest BCUT2D eigenvalue weighted by Crippen LogP contribution is 2.46. The van der Waals surface area contributed by atoms with Crippen molar-refractivity contribution in [1.82, 2.24) is 14.7 Å². The van der Waals surface area contributed by atoms with Crippen molar-refractivity contribution in [3.63, 3.8) is 0 Å². The molecule has 0 saturated heterocycles. The van der Waals surface area contributed by atoms with E-state index in [0.29, 0.717) is 18.5 Å². The summed E-state index contributed by atoms with van der Waals surface area (Å²) < 4.78 is 1.89. The van der Waals surface area contributed by atoms with Gasteiger partial charge in [-0.25, -0.2) is 4.98 Å². The topological polar surface area (TPSA) is 83.7 Å². The van der Waals surface area contributed by atoms with Crippen LogP contribution in [-0.4, -0.2) is 26.4 Å². The van der Waals surface area contributed by atoms with Crippen LogP contribution in [0.5, 0.6) is 0 Å². The number of hydrogen-bond donors (Lipinski definition) is 2. The van der Waals surface area contributed by atoms with E-state index in [1.165, 1.54) is 0 Å². The van der Waals surface area contributed by atoms with E-state index < -0.39 is 17.3 Å². The number of nitrogens with zero attached hydrogens (tertiary/aromatic N) is 2. The van der Waals surface area contributed by atoms with Gasteiger partial charge in [-0.15, -0.1) is 0 Å². The van der Waals surface area contributed by atoms with Gasteiger partial charge in [0.05, 0.1) is 12.2 Å². The number of aliphatic carboxylic acids is 1. The summed E-state index contributed by atoms with van der Waals surface area (Å²) in [6, 6.07) is 3.89. The van der Waals surface area contributed by atoms with Crippen LogP contribution in [0.1, 0.15) is 24.1 Å². The summed E-state index contributed by atoms with van der Waals surface area (Å²) in [5.74, 6) is -1.46. The number of carboxylic acid groups (broad SMARTS) is 1. The molecule has 2 N–H and O–H groups in total. The van der Waals surface area contributed by atoms with E-state index in [9.17, 15) is 9.59 Å². The summed E-state index contributed by atoms with van der Waals surface area (Å²) in [5.41, 5.74) is 1.41. The maximum atomic E-state index is 11.9. The third kappa shape index (κ3) is 1.93. The van der Waals surface area contributed by atoms with Gasteiger partial charge in [-0.3, -0.25) is 9.59 Å². The molecule has 0 aliphatic heterocycles. The number of aromatic nitrogens is 2. The largest absolute Gasteiger partial charge is 0.480 e. The monoisotopic (exact) mass is 273 g/mol. The maximum Gasteiger partial charge on any atom is 0.319 e. The average Bonchev–Trinajstić information content (AvgIpc) is 3.12. The van der Waals surface area contributed by atoms with Gasteiger partial charge in [-0.05, 0) is 31.4 Å². The fraction of sp³-hybridized carbons (Fsp3) is 0.357. The summed E-state index contributed by atoms with van der Waals surface area (Å²) in [6.45, 7) is 2.21. The van der Waals surface area contributed by atoms with Crippen molar-refractivity contribution in [3.05, 3.63) is 35.8 Å². The van der Waals surface area contributed by atoms with Crippen LogP contribution in [0.3, 0.4) is 0 Å². The molecule has 0 aromatic carbocycles. The molecule has 2 aromatic heterocycles. The molecule has 2 aromatic rings. The third-order valence-electron chi connectivity index (χ3n) is 3.75. The first-order valence-electron chi connectivity index (χ1n) is 6.48. The summed E-state index contributed by atoms with van der Waals surface area (Å²) >= 11 is 0. The average molecular weight is 273 g/mol. The second-order valence-corrected chi connectivity index (χ2v) is 5.22. The van der Waals surface area contributed by atoms with Gasteiger partial charge in [0.15, 0.2) is 0 Å². The summed E-state index contributed by atoms with van der Waals surface area (Å²) in [4.78, 5) is 27.4. The first-order chi connectivity index (χ1) is 9.53. The van der Waals surface area contributed by atoms with Crippen LogP contribution >= 0.6 is 0 Å². The van der Waals surface area contributed by atoms with E-state index in [4.69, 9.17) is 5.11 Å². The number of fused-ring (bicyclic) bond motifs is 1. The lowest BCUT2D eigenvalue weighted by Crippen LogP contribution is -2.36. The normalized spacial score (nSPS) is 16.1. The fourth-order valence-electron chi connectivity index (χ4n) is 2.29. The van der Waals surface area contributed by atoms with Gasteiger partial charge in [0.1, 0.15) is 11.1 Å². The maximum absolute atomic E-state index is 11.9. The van der Waals surface area contributed by atoms with E-state index in [1.807, 2.05) is 35.9 Å². The van der Waals surface area contributed by atoms with Gasteiger partial charge in [-0.1, -0.05) is 6.07 Å². The number of carbonyl (C=O) groups excluding carboxylic acids is 1. The first kappa shape index (κ1) is 12.7. The Kier molecular flexibility index (Phi) is 2.74. The van der Waals surface area contributed by atoms with Crippen LogP contribution in [-0.2, 0) is 16.1 Å². The number of hydrogen-bond acceptors (Lipinski definition) is 3. The Labute approximate surface area is 115 Å². The number of pyridine rings is 1. The van der Waals surface area contributed by atoms with Gasteiger partial charge in [0, 0.05) is 12.4 Å². The van der Waals surface area contributed by atoms with Gasteiger partial charge in [0.2, 0.25) is 5.91 Å². The molecule has 6 heteroatoms. The van der Waals surface area contributed by atoms with Crippen LogP contribution in [0.2, 0.25) is 0 Å². The van der Waals surface area contributed by atoms with Crippen LogP contribution < -0.4 is 5.32 Å². The first-order valence-corrected chi connectivity index (χ1v) is 6.48. The van der Waals surface area contributed by atoms with Crippen LogP contribution in [0.15, 0.2) is 24.5 Å². The minimum atomic E-state index is -1.20. The highest BCUT2D eigenvalue weighted by Gasteiger charge is 2.56. The van der Waals surface area contributed by atoms with Crippen molar-refractivity contribution in [1.29, 1.82) is 0 Å². The zero-order valence-electron chi connectivity index (χ0n) is 11.1. The van der Waals surface area contributed by atoms with Crippen LogP contribution in [0, 0.1) is 12.3 Å². The number of carbonyl (C=O) groups is 2. The summed E-state index contributed by atoms with van der Waals surface area (Å²) in [6.07, 6.45) is 4.56. The zero-order chi connectivity index (χ0) is 14.3. The lowest BCUT2D eigenvalue weighted by Gasteiger charge is -2.09. The smallest absolute Gasteiger partial charge is 0.319 e. The van der Waals surface area contributed by atoms with E-state index in [2.05, 4.69) is 10.3 Å². The number of nitrogens with one attached hydrogen (secondary N) is 1. The van der Waals surface area contributed by atoms with Gasteiger partial charge in [0.25, 0.3) is 0 Å². The number of imidazole rings is 1. The molecule has 0 radical (unpaired) electrons. The SMILES string of the molecule is Cc1cccn2cc(CNC(=O)C3(C(=O)O)CC3)nc12. The molecule has 1 amide bonds. The Morgan fingerprint density at radius 1 is 1.50 bits per heavy atom. The van der Waals surface area contributed by atoms with Crippen molar-refractivity contribution < 1.29 is 14.7 Å². The minimum absolute atomic E-state index is 0.245. The molecular formula is C14H15N3O3. The van der Waals surface area contributed by atoms with Crippen molar-refractivity contribution in [2.75, 3.05) is 0 Å². The number of carboxylic acids is 1. The molecule has 6 nitrogen and oxygen atoms in total. The Morgan fingerprint density at radius 2 is 2.25 bits per heavy atom. The predicted octanol–water partition coefficient (Wildman–Crippen LogP) is 1.12. The molecule has 0 bridgehead atoms. The van der Waals surface area contributed by atoms with Crippen molar-refractivity contribution >= 4 is 17.5 Å². The minimum Gasteiger partial charge on any atom is -0.480 e. The second kappa shape index (κ2) is 4.33.